The Hall–Kier alpha value is -2.46. The minimum Gasteiger partial charge on any atom is -0.508 e. The number of carbonyl (C=O) groups is 2. The first kappa shape index (κ1) is 20.8. The molecule has 0 aliphatic heterocycles. The smallest absolute Gasteiger partial charge is 0.331 e. The maximum atomic E-state index is 12.1. The number of aromatic hydroxyl groups is 1. The predicted octanol–water partition coefficient (Wildman–Crippen LogP) is -0.640. The SMILES string of the molecule is CO[C@@H]1[C@@H](O)[C@H](O)[C@@H](O)C(OC(=O)/C=C\c2ccc(O)cc2)[C@@H]1OC(C)=O. The number of carbonyl (C=O) groups excluding carboxylic acids is 2. The van der Waals surface area contributed by atoms with Crippen molar-refractivity contribution in [2.24, 2.45) is 0 Å². The van der Waals surface area contributed by atoms with Gasteiger partial charge >= 0.3 is 11.9 Å². The Morgan fingerprint density at radius 2 is 1.52 bits per heavy atom. The van der Waals surface area contributed by atoms with Crippen LogP contribution in [0.3, 0.4) is 0 Å². The molecule has 2 rings (SSSR count). The number of phenols is 1. The third-order valence-corrected chi connectivity index (χ3v) is 4.15. The van der Waals surface area contributed by atoms with Gasteiger partial charge in [0.25, 0.3) is 0 Å². The molecule has 0 spiro atoms. The second-order valence-corrected chi connectivity index (χ2v) is 6.07. The average Bonchev–Trinajstić information content (AvgIpc) is 2.63. The number of aliphatic hydroxyl groups excluding tert-OH is 3. The van der Waals surface area contributed by atoms with E-state index in [2.05, 4.69) is 0 Å². The van der Waals surface area contributed by atoms with E-state index >= 15 is 0 Å². The molecule has 1 aliphatic carbocycles. The van der Waals surface area contributed by atoms with Crippen LogP contribution in [0, 0.1) is 0 Å². The molecule has 0 radical (unpaired) electrons. The molecule has 0 saturated heterocycles. The van der Waals surface area contributed by atoms with Crippen molar-refractivity contribution in [1.29, 1.82) is 0 Å². The second kappa shape index (κ2) is 8.96. The van der Waals surface area contributed by atoms with Crippen LogP contribution in [0.4, 0.5) is 0 Å². The van der Waals surface area contributed by atoms with Crippen molar-refractivity contribution in [2.75, 3.05) is 7.11 Å². The molecular formula is C18H22O9. The summed E-state index contributed by atoms with van der Waals surface area (Å²) in [6.07, 6.45) is -6.38. The van der Waals surface area contributed by atoms with Gasteiger partial charge in [-0.1, -0.05) is 12.1 Å². The van der Waals surface area contributed by atoms with Crippen LogP contribution < -0.4 is 0 Å². The molecule has 4 N–H and O–H groups in total. The van der Waals surface area contributed by atoms with Gasteiger partial charge in [0.15, 0.2) is 12.2 Å². The van der Waals surface area contributed by atoms with E-state index in [1.54, 1.807) is 12.1 Å². The highest BCUT2D eigenvalue weighted by Gasteiger charge is 2.53. The predicted molar refractivity (Wildman–Crippen MR) is 91.4 cm³/mol. The second-order valence-electron chi connectivity index (χ2n) is 6.07. The monoisotopic (exact) mass is 382 g/mol. The topological polar surface area (TPSA) is 143 Å². The maximum absolute atomic E-state index is 12.1. The molecule has 0 aromatic heterocycles. The summed E-state index contributed by atoms with van der Waals surface area (Å²) in [4.78, 5) is 23.5. The number of methoxy groups -OCH3 is 1. The molecule has 6 atom stereocenters. The molecule has 1 aromatic carbocycles. The Labute approximate surface area is 155 Å². The van der Waals surface area contributed by atoms with E-state index in [1.807, 2.05) is 0 Å². The molecule has 0 amide bonds. The molecule has 0 bridgehead atoms. The maximum Gasteiger partial charge on any atom is 0.331 e. The minimum absolute atomic E-state index is 0.0717. The molecule has 9 heteroatoms. The lowest BCUT2D eigenvalue weighted by molar-refractivity contribution is -0.244. The van der Waals surface area contributed by atoms with Crippen LogP contribution in [0.2, 0.25) is 0 Å². The van der Waals surface area contributed by atoms with Gasteiger partial charge in [-0.2, -0.15) is 0 Å². The van der Waals surface area contributed by atoms with Crippen LogP contribution in [0.15, 0.2) is 30.3 Å². The highest BCUT2D eigenvalue weighted by molar-refractivity contribution is 5.87. The van der Waals surface area contributed by atoms with E-state index < -0.39 is 48.6 Å². The summed E-state index contributed by atoms with van der Waals surface area (Å²) in [6, 6.07) is 6.01. The normalized spacial score (nSPS) is 30.9. The molecule has 1 aromatic rings. The third-order valence-electron chi connectivity index (χ3n) is 4.15. The van der Waals surface area contributed by atoms with Gasteiger partial charge in [0.05, 0.1) is 0 Å². The van der Waals surface area contributed by atoms with Crippen LogP contribution in [0.5, 0.6) is 5.75 Å². The van der Waals surface area contributed by atoms with E-state index in [9.17, 15) is 30.0 Å². The molecule has 1 aliphatic rings. The largest absolute Gasteiger partial charge is 0.508 e. The first-order chi connectivity index (χ1) is 12.7. The summed E-state index contributed by atoms with van der Waals surface area (Å²) < 4.78 is 15.3. The van der Waals surface area contributed by atoms with Crippen molar-refractivity contribution >= 4 is 18.0 Å². The number of aliphatic hydroxyl groups is 3. The lowest BCUT2D eigenvalue weighted by Gasteiger charge is -2.43. The van der Waals surface area contributed by atoms with Gasteiger partial charge in [-0.05, 0) is 23.8 Å². The quantitative estimate of drug-likeness (QED) is 0.386. The number of esters is 2. The number of ether oxygens (including phenoxy) is 3. The molecule has 0 heterocycles. The Balaban J connectivity index is 2.17. The molecular weight excluding hydrogens is 360 g/mol. The Bertz CT molecular complexity index is 685. The molecule has 148 valence electrons. The van der Waals surface area contributed by atoms with Crippen LogP contribution in [-0.4, -0.2) is 76.1 Å². The van der Waals surface area contributed by atoms with E-state index in [0.717, 1.165) is 13.0 Å². The van der Waals surface area contributed by atoms with E-state index in [0.29, 0.717) is 5.56 Å². The van der Waals surface area contributed by atoms with Gasteiger partial charge < -0.3 is 34.6 Å². The Morgan fingerprint density at radius 3 is 2.07 bits per heavy atom. The van der Waals surface area contributed by atoms with Crippen molar-refractivity contribution in [3.8, 4) is 5.75 Å². The molecule has 1 unspecified atom stereocenters. The van der Waals surface area contributed by atoms with Crippen LogP contribution in [-0.2, 0) is 23.8 Å². The zero-order valence-corrected chi connectivity index (χ0v) is 14.8. The number of hydrogen-bond donors (Lipinski definition) is 4. The summed E-state index contributed by atoms with van der Waals surface area (Å²) in [6.45, 7) is 1.11. The Kier molecular flexibility index (Phi) is 6.92. The number of phenolic OH excluding ortho intramolecular Hbond substituents is 1. The van der Waals surface area contributed by atoms with E-state index in [1.165, 1.54) is 25.3 Å². The first-order valence-corrected chi connectivity index (χ1v) is 8.16. The van der Waals surface area contributed by atoms with Gasteiger partial charge in [-0.3, -0.25) is 4.79 Å². The zero-order chi connectivity index (χ0) is 20.1. The lowest BCUT2D eigenvalue weighted by atomic mass is 9.84. The third kappa shape index (κ3) is 5.04. The van der Waals surface area contributed by atoms with Gasteiger partial charge in [0.2, 0.25) is 0 Å². The summed E-state index contributed by atoms with van der Waals surface area (Å²) in [5, 5.41) is 39.4. The highest BCUT2D eigenvalue weighted by Crippen LogP contribution is 2.28. The summed E-state index contributed by atoms with van der Waals surface area (Å²) in [5.74, 6) is -1.54. The fraction of sp³-hybridized carbons (Fsp3) is 0.444. The lowest BCUT2D eigenvalue weighted by Crippen LogP contribution is -2.66. The van der Waals surface area contributed by atoms with Gasteiger partial charge in [0.1, 0.15) is 30.2 Å². The summed E-state index contributed by atoms with van der Waals surface area (Å²) >= 11 is 0. The molecule has 9 nitrogen and oxygen atoms in total. The number of hydrogen-bond acceptors (Lipinski definition) is 9. The number of benzene rings is 1. The number of rotatable bonds is 5. The van der Waals surface area contributed by atoms with E-state index in [4.69, 9.17) is 14.2 Å². The molecule has 1 fully saturated rings. The van der Waals surface area contributed by atoms with Crippen LogP contribution in [0.1, 0.15) is 12.5 Å². The fourth-order valence-electron chi connectivity index (χ4n) is 2.83. The summed E-state index contributed by atoms with van der Waals surface area (Å²) in [7, 11) is 1.22. The van der Waals surface area contributed by atoms with Crippen LogP contribution >= 0.6 is 0 Å². The first-order valence-electron chi connectivity index (χ1n) is 8.16. The van der Waals surface area contributed by atoms with Crippen molar-refractivity contribution in [3.63, 3.8) is 0 Å². The molecule has 27 heavy (non-hydrogen) atoms. The van der Waals surface area contributed by atoms with Gasteiger partial charge in [-0.15, -0.1) is 0 Å². The minimum atomic E-state index is -1.69. The van der Waals surface area contributed by atoms with Gasteiger partial charge in [0, 0.05) is 20.1 Å². The van der Waals surface area contributed by atoms with E-state index in [-0.39, 0.29) is 5.75 Å². The van der Waals surface area contributed by atoms with Crippen molar-refractivity contribution in [1.82, 2.24) is 0 Å². The van der Waals surface area contributed by atoms with Crippen molar-refractivity contribution < 1.29 is 44.2 Å². The summed E-state index contributed by atoms with van der Waals surface area (Å²) in [5.41, 5.74) is 0.607. The standard InChI is InChI=1S/C18H22O9/c1-9(19)26-18-16(25-2)14(23)13(22)15(24)17(18)27-12(21)8-5-10-3-6-11(20)7-4-10/h3-8,13-18,20,22-24H,1-2H3/b8-5-/t13-,14-,15+,16+,17?,18+/m0/s1. The average molecular weight is 382 g/mol. The zero-order valence-electron chi connectivity index (χ0n) is 14.8. The Morgan fingerprint density at radius 1 is 0.926 bits per heavy atom. The highest BCUT2D eigenvalue weighted by atomic mass is 16.6. The van der Waals surface area contributed by atoms with Crippen LogP contribution in [0.25, 0.3) is 6.08 Å². The fourth-order valence-corrected chi connectivity index (χ4v) is 2.83. The van der Waals surface area contributed by atoms with Gasteiger partial charge in [-0.25, -0.2) is 4.79 Å². The molecule has 1 saturated carbocycles. The van der Waals surface area contributed by atoms with Crippen molar-refractivity contribution in [3.05, 3.63) is 35.9 Å². The van der Waals surface area contributed by atoms with Crippen molar-refractivity contribution in [2.45, 2.75) is 43.5 Å².